The highest BCUT2D eigenvalue weighted by Gasteiger charge is 2.23. The van der Waals surface area contributed by atoms with Gasteiger partial charge in [-0.2, -0.15) is 8.42 Å². The number of amidine groups is 1. The molecule has 0 unspecified atom stereocenters. The van der Waals surface area contributed by atoms with Gasteiger partial charge in [-0.3, -0.25) is 10.2 Å². The molecule has 6 nitrogen and oxygen atoms in total. The summed E-state index contributed by atoms with van der Waals surface area (Å²) in [7, 11) is -3.97. The van der Waals surface area contributed by atoms with Crippen molar-refractivity contribution >= 4 is 39.0 Å². The van der Waals surface area contributed by atoms with Crippen molar-refractivity contribution in [2.75, 3.05) is 0 Å². The summed E-state index contributed by atoms with van der Waals surface area (Å²) in [6.45, 7) is 0. The number of amides is 1. The molecule has 2 aromatic rings. The van der Waals surface area contributed by atoms with Gasteiger partial charge < -0.3 is 9.50 Å². The largest absolute Gasteiger partial charge is 0.378 e. The molecule has 1 aliphatic heterocycles. The predicted octanol–water partition coefficient (Wildman–Crippen LogP) is 2.59. The fourth-order valence-electron chi connectivity index (χ4n) is 2.01. The maximum Gasteiger partial charge on any atom is 0.339 e. The third kappa shape index (κ3) is 3.50. The molecule has 8 heteroatoms. The standard InChI is InChI=1S/C16H12N2O4S2/c17-16-18-15(19)14(23-16)10-11-6-4-5-9-13(11)22-24(20,21)12-7-2-1-3-8-12/h1-10H,(H2,17,18,19)/b14-10-. The monoisotopic (exact) mass is 360 g/mol. The number of nitrogens with one attached hydrogen (secondary N) is 2. The van der Waals surface area contributed by atoms with Crippen molar-refractivity contribution in [1.29, 1.82) is 5.41 Å². The Hall–Kier alpha value is -2.58. The Balaban J connectivity index is 1.95. The van der Waals surface area contributed by atoms with Crippen molar-refractivity contribution in [2.45, 2.75) is 4.90 Å². The maximum absolute atomic E-state index is 12.3. The molecule has 1 amide bonds. The fraction of sp³-hybridized carbons (Fsp3) is 0. The van der Waals surface area contributed by atoms with Crippen LogP contribution in [-0.2, 0) is 14.9 Å². The van der Waals surface area contributed by atoms with E-state index in [1.165, 1.54) is 24.3 Å². The highest BCUT2D eigenvalue weighted by Crippen LogP contribution is 2.30. The molecule has 0 radical (unpaired) electrons. The number of para-hydroxylation sites is 1. The number of carbonyl (C=O) groups is 1. The Morgan fingerprint density at radius 1 is 1.04 bits per heavy atom. The van der Waals surface area contributed by atoms with E-state index in [0.717, 1.165) is 11.8 Å². The van der Waals surface area contributed by atoms with Gasteiger partial charge in [0.15, 0.2) is 5.17 Å². The highest BCUT2D eigenvalue weighted by atomic mass is 32.2. The Kier molecular flexibility index (Phi) is 4.41. The zero-order valence-corrected chi connectivity index (χ0v) is 13.9. The molecule has 24 heavy (non-hydrogen) atoms. The smallest absolute Gasteiger partial charge is 0.339 e. The van der Waals surface area contributed by atoms with E-state index in [2.05, 4.69) is 5.32 Å². The lowest BCUT2D eigenvalue weighted by molar-refractivity contribution is -0.115. The van der Waals surface area contributed by atoms with Gasteiger partial charge in [0.2, 0.25) is 0 Å². The van der Waals surface area contributed by atoms with Crippen LogP contribution in [0, 0.1) is 5.41 Å². The maximum atomic E-state index is 12.3. The van der Waals surface area contributed by atoms with Gasteiger partial charge in [-0.05, 0) is 36.0 Å². The molecule has 3 rings (SSSR count). The summed E-state index contributed by atoms with van der Waals surface area (Å²) in [5.74, 6) is -0.286. The van der Waals surface area contributed by atoms with Crippen LogP contribution >= 0.6 is 11.8 Å². The SMILES string of the molecule is N=C1NC(=O)/C(=C/c2ccccc2OS(=O)(=O)c2ccccc2)S1. The second kappa shape index (κ2) is 6.50. The lowest BCUT2D eigenvalue weighted by Gasteiger charge is -2.09. The molecule has 122 valence electrons. The van der Waals surface area contributed by atoms with Crippen molar-refractivity contribution in [3.63, 3.8) is 0 Å². The third-order valence-electron chi connectivity index (χ3n) is 3.10. The van der Waals surface area contributed by atoms with Gasteiger partial charge in [0.1, 0.15) is 10.6 Å². The van der Waals surface area contributed by atoms with Crippen LogP contribution in [0.4, 0.5) is 0 Å². The Morgan fingerprint density at radius 3 is 2.38 bits per heavy atom. The van der Waals surface area contributed by atoms with Crippen LogP contribution in [0.25, 0.3) is 6.08 Å². The average Bonchev–Trinajstić information content (AvgIpc) is 2.87. The number of thioether (sulfide) groups is 1. The molecule has 0 aliphatic carbocycles. The van der Waals surface area contributed by atoms with Crippen molar-refractivity contribution in [3.8, 4) is 5.75 Å². The quantitative estimate of drug-likeness (QED) is 0.645. The first-order chi connectivity index (χ1) is 11.5. The Labute approximate surface area is 143 Å². The van der Waals surface area contributed by atoms with E-state index < -0.39 is 16.0 Å². The lowest BCUT2D eigenvalue weighted by Crippen LogP contribution is -2.18. The van der Waals surface area contributed by atoms with E-state index in [4.69, 9.17) is 9.59 Å². The van der Waals surface area contributed by atoms with Crippen LogP contribution in [0.15, 0.2) is 64.4 Å². The van der Waals surface area contributed by atoms with Gasteiger partial charge in [-0.1, -0.05) is 36.4 Å². The molecule has 0 atom stereocenters. The fourth-order valence-corrected chi connectivity index (χ4v) is 3.68. The molecule has 2 N–H and O–H groups in total. The zero-order chi connectivity index (χ0) is 17.2. The summed E-state index contributed by atoms with van der Waals surface area (Å²) in [6.07, 6.45) is 1.50. The van der Waals surface area contributed by atoms with Gasteiger partial charge in [0, 0.05) is 5.56 Å². The minimum atomic E-state index is -3.97. The zero-order valence-electron chi connectivity index (χ0n) is 12.2. The number of hydrogen-bond acceptors (Lipinski definition) is 6. The first-order valence-corrected chi connectivity index (χ1v) is 9.06. The topological polar surface area (TPSA) is 96.3 Å². The summed E-state index contributed by atoms with van der Waals surface area (Å²) in [5.41, 5.74) is 0.435. The van der Waals surface area contributed by atoms with Crippen LogP contribution in [0.1, 0.15) is 5.56 Å². The number of carbonyl (C=O) groups excluding carboxylic acids is 1. The van der Waals surface area contributed by atoms with Crippen molar-refractivity contribution in [2.24, 2.45) is 0 Å². The molecule has 1 aliphatic rings. The van der Waals surface area contributed by atoms with E-state index >= 15 is 0 Å². The molecule has 0 aromatic heterocycles. The van der Waals surface area contributed by atoms with Crippen molar-refractivity contribution < 1.29 is 17.4 Å². The van der Waals surface area contributed by atoms with Crippen molar-refractivity contribution in [3.05, 3.63) is 65.1 Å². The molecule has 1 fully saturated rings. The van der Waals surface area contributed by atoms with E-state index in [9.17, 15) is 13.2 Å². The average molecular weight is 360 g/mol. The van der Waals surface area contributed by atoms with Gasteiger partial charge in [-0.15, -0.1) is 0 Å². The molecule has 1 heterocycles. The molecule has 1 saturated heterocycles. The summed E-state index contributed by atoms with van der Waals surface area (Å²) < 4.78 is 29.9. The van der Waals surface area contributed by atoms with E-state index in [1.54, 1.807) is 36.4 Å². The lowest BCUT2D eigenvalue weighted by atomic mass is 10.2. The van der Waals surface area contributed by atoms with Gasteiger partial charge >= 0.3 is 10.1 Å². The molecular weight excluding hydrogens is 348 g/mol. The minimum absolute atomic E-state index is 0.0292. The minimum Gasteiger partial charge on any atom is -0.378 e. The van der Waals surface area contributed by atoms with Gasteiger partial charge in [-0.25, -0.2) is 0 Å². The molecule has 2 aromatic carbocycles. The molecule has 0 spiro atoms. The van der Waals surface area contributed by atoms with Crippen LogP contribution in [0.2, 0.25) is 0 Å². The summed E-state index contributed by atoms with van der Waals surface area (Å²) in [5, 5.41) is 9.84. The normalized spacial score (nSPS) is 16.2. The first-order valence-electron chi connectivity index (χ1n) is 6.84. The summed E-state index contributed by atoms with van der Waals surface area (Å²) >= 11 is 0.970. The second-order valence-electron chi connectivity index (χ2n) is 4.78. The predicted molar refractivity (Wildman–Crippen MR) is 92.1 cm³/mol. The van der Waals surface area contributed by atoms with E-state index in [0.29, 0.717) is 10.5 Å². The van der Waals surface area contributed by atoms with Crippen LogP contribution in [0.3, 0.4) is 0 Å². The van der Waals surface area contributed by atoms with Crippen LogP contribution in [-0.4, -0.2) is 19.5 Å². The summed E-state index contributed by atoms with van der Waals surface area (Å²) in [4.78, 5) is 12.0. The van der Waals surface area contributed by atoms with E-state index in [-0.39, 0.29) is 15.8 Å². The van der Waals surface area contributed by atoms with Gasteiger partial charge in [0.05, 0.1) is 4.91 Å². The highest BCUT2D eigenvalue weighted by molar-refractivity contribution is 8.18. The Bertz CT molecular complexity index is 938. The first kappa shape index (κ1) is 16.3. The number of rotatable bonds is 4. The van der Waals surface area contributed by atoms with Crippen LogP contribution in [0.5, 0.6) is 5.75 Å². The Morgan fingerprint density at radius 2 is 1.71 bits per heavy atom. The van der Waals surface area contributed by atoms with E-state index in [1.807, 2.05) is 0 Å². The molecule has 0 saturated carbocycles. The van der Waals surface area contributed by atoms with Crippen LogP contribution < -0.4 is 9.50 Å². The molecule has 0 bridgehead atoms. The van der Waals surface area contributed by atoms with Crippen molar-refractivity contribution in [1.82, 2.24) is 5.32 Å². The van der Waals surface area contributed by atoms with Gasteiger partial charge in [0.25, 0.3) is 5.91 Å². The summed E-state index contributed by atoms with van der Waals surface area (Å²) in [6, 6.07) is 14.3. The second-order valence-corrected chi connectivity index (χ2v) is 7.38. The third-order valence-corrected chi connectivity index (χ3v) is 5.18. The molecular formula is C16H12N2O4S2. The number of hydrogen-bond donors (Lipinski definition) is 2. The number of benzene rings is 2.